The first-order valence-corrected chi connectivity index (χ1v) is 9.81. The van der Waals surface area contributed by atoms with Gasteiger partial charge in [-0.2, -0.15) is 0 Å². The third-order valence-electron chi connectivity index (χ3n) is 5.89. The molecular weight excluding hydrogens is 370 g/mol. The van der Waals surface area contributed by atoms with Crippen LogP contribution >= 0.6 is 0 Å². The van der Waals surface area contributed by atoms with Crippen molar-refractivity contribution >= 4 is 23.4 Å². The topological polar surface area (TPSA) is 87.7 Å². The van der Waals surface area contributed by atoms with E-state index in [-0.39, 0.29) is 24.1 Å². The summed E-state index contributed by atoms with van der Waals surface area (Å²) in [5, 5.41) is 5.69. The highest BCUT2D eigenvalue weighted by atomic mass is 16.5. The molecule has 0 radical (unpaired) electrons. The minimum Gasteiger partial charge on any atom is -0.484 e. The lowest BCUT2D eigenvalue weighted by Crippen LogP contribution is -2.46. The largest absolute Gasteiger partial charge is 0.484 e. The van der Waals surface area contributed by atoms with Crippen molar-refractivity contribution in [3.63, 3.8) is 0 Å². The summed E-state index contributed by atoms with van der Waals surface area (Å²) in [6.45, 7) is 1.49. The maximum atomic E-state index is 12.8. The Labute approximate surface area is 168 Å². The van der Waals surface area contributed by atoms with E-state index in [0.29, 0.717) is 48.6 Å². The summed E-state index contributed by atoms with van der Waals surface area (Å²) >= 11 is 0. The van der Waals surface area contributed by atoms with Crippen LogP contribution in [0, 0.1) is 0 Å². The molecule has 1 atom stereocenters. The second-order valence-corrected chi connectivity index (χ2v) is 7.86. The van der Waals surface area contributed by atoms with Gasteiger partial charge in [0.05, 0.1) is 18.5 Å². The number of hydrogen-bond acceptors (Lipinski definition) is 4. The number of nitrogens with one attached hydrogen (secondary N) is 2. The first-order valence-electron chi connectivity index (χ1n) is 9.81. The quantitative estimate of drug-likeness (QED) is 0.782. The summed E-state index contributed by atoms with van der Waals surface area (Å²) in [6, 6.07) is 12.4. The summed E-state index contributed by atoms with van der Waals surface area (Å²) < 4.78 is 6.17. The van der Waals surface area contributed by atoms with Gasteiger partial charge in [-0.05, 0) is 36.2 Å². The van der Waals surface area contributed by atoms with E-state index in [1.165, 1.54) is 0 Å². The number of benzene rings is 2. The molecule has 1 unspecified atom stereocenters. The van der Waals surface area contributed by atoms with Crippen LogP contribution in [0.25, 0.3) is 0 Å². The van der Waals surface area contributed by atoms with Gasteiger partial charge in [-0.1, -0.05) is 18.2 Å². The Balaban J connectivity index is 1.30. The summed E-state index contributed by atoms with van der Waals surface area (Å²) in [5.74, 6) is 0.525. The highest BCUT2D eigenvalue weighted by molar-refractivity contribution is 6.01. The van der Waals surface area contributed by atoms with Crippen LogP contribution < -0.4 is 15.4 Å². The summed E-state index contributed by atoms with van der Waals surface area (Å²) in [7, 11) is 0. The van der Waals surface area contributed by atoms with Crippen molar-refractivity contribution in [2.24, 2.45) is 0 Å². The van der Waals surface area contributed by atoms with Crippen molar-refractivity contribution in [1.29, 1.82) is 0 Å². The lowest BCUT2D eigenvalue weighted by atomic mass is 9.89. The normalized spacial score (nSPS) is 22.6. The molecule has 0 aliphatic carbocycles. The number of likely N-dealkylation sites (tertiary alicyclic amines) is 1. The number of nitrogens with zero attached hydrogens (tertiary/aromatic N) is 1. The predicted molar refractivity (Wildman–Crippen MR) is 106 cm³/mol. The molecule has 5 rings (SSSR count). The smallest absolute Gasteiger partial charge is 0.321 e. The van der Waals surface area contributed by atoms with Crippen LogP contribution in [-0.4, -0.2) is 47.9 Å². The van der Waals surface area contributed by atoms with E-state index >= 15 is 0 Å². The summed E-state index contributed by atoms with van der Waals surface area (Å²) in [4.78, 5) is 39.0. The van der Waals surface area contributed by atoms with Gasteiger partial charge >= 0.3 is 6.03 Å². The standard InChI is InChI=1S/C22H21N3O4/c26-18-12-22(29-19-4-2-1-3-16(18)19)8-10-25(13-22)21(28)24-15-6-5-14-7-9-23-20(27)17(14)11-15/h1-6,11H,7-10,12-13H2,(H,23,27)(H,24,28). The third-order valence-corrected chi connectivity index (χ3v) is 5.89. The van der Waals surface area contributed by atoms with E-state index < -0.39 is 5.60 Å². The Morgan fingerprint density at radius 1 is 1.14 bits per heavy atom. The van der Waals surface area contributed by atoms with Crippen LogP contribution in [-0.2, 0) is 6.42 Å². The number of ether oxygens (including phenoxy) is 1. The molecule has 3 aliphatic rings. The molecule has 1 fully saturated rings. The molecule has 2 N–H and O–H groups in total. The number of carbonyl (C=O) groups is 3. The van der Waals surface area contributed by atoms with Gasteiger partial charge in [-0.15, -0.1) is 0 Å². The van der Waals surface area contributed by atoms with Crippen molar-refractivity contribution in [2.45, 2.75) is 24.9 Å². The molecule has 2 aromatic rings. The SMILES string of the molecule is O=C1NCCc2ccc(NC(=O)N3CCC4(CC(=O)c5ccccc5O4)C3)cc21. The van der Waals surface area contributed by atoms with Gasteiger partial charge in [-0.25, -0.2) is 4.79 Å². The van der Waals surface area contributed by atoms with Gasteiger partial charge in [0.15, 0.2) is 5.78 Å². The average molecular weight is 391 g/mol. The zero-order valence-corrected chi connectivity index (χ0v) is 15.9. The predicted octanol–water partition coefficient (Wildman–Crippen LogP) is 2.61. The lowest BCUT2D eigenvalue weighted by Gasteiger charge is -2.34. The molecule has 3 heterocycles. The summed E-state index contributed by atoms with van der Waals surface area (Å²) in [5.41, 5.74) is 2.11. The van der Waals surface area contributed by atoms with Crippen LogP contribution in [0.5, 0.6) is 5.75 Å². The Bertz CT molecular complexity index is 1030. The minimum absolute atomic E-state index is 0.0507. The van der Waals surface area contributed by atoms with E-state index in [9.17, 15) is 14.4 Å². The Hall–Kier alpha value is -3.35. The molecule has 3 aliphatic heterocycles. The monoisotopic (exact) mass is 391 g/mol. The molecule has 2 aromatic carbocycles. The van der Waals surface area contributed by atoms with Crippen LogP contribution in [0.1, 0.15) is 39.1 Å². The number of fused-ring (bicyclic) bond motifs is 2. The van der Waals surface area contributed by atoms with E-state index in [0.717, 1.165) is 12.0 Å². The summed E-state index contributed by atoms with van der Waals surface area (Å²) in [6.07, 6.45) is 1.66. The first kappa shape index (κ1) is 17.7. The molecule has 3 amide bonds. The lowest BCUT2D eigenvalue weighted by molar-refractivity contribution is 0.0481. The number of hydrogen-bond donors (Lipinski definition) is 2. The second-order valence-electron chi connectivity index (χ2n) is 7.86. The number of Topliss-reactive ketones (excluding diaryl/α,β-unsaturated/α-hetero) is 1. The highest BCUT2D eigenvalue weighted by Gasteiger charge is 2.47. The van der Waals surface area contributed by atoms with Gasteiger partial charge in [0.25, 0.3) is 5.91 Å². The molecule has 0 bridgehead atoms. The molecule has 0 saturated carbocycles. The second kappa shape index (κ2) is 6.62. The van der Waals surface area contributed by atoms with Crippen molar-refractivity contribution in [3.05, 3.63) is 59.2 Å². The van der Waals surface area contributed by atoms with E-state index in [1.54, 1.807) is 23.1 Å². The van der Waals surface area contributed by atoms with Gasteiger partial charge in [0.1, 0.15) is 11.4 Å². The highest BCUT2D eigenvalue weighted by Crippen LogP contribution is 2.38. The number of urea groups is 1. The molecule has 1 spiro atoms. The fourth-order valence-electron chi connectivity index (χ4n) is 4.38. The van der Waals surface area contributed by atoms with Gasteiger partial charge < -0.3 is 20.3 Å². The van der Waals surface area contributed by atoms with Crippen molar-refractivity contribution in [1.82, 2.24) is 10.2 Å². The van der Waals surface area contributed by atoms with Crippen molar-refractivity contribution in [2.75, 3.05) is 25.0 Å². The molecule has 7 heteroatoms. The molecule has 7 nitrogen and oxygen atoms in total. The van der Waals surface area contributed by atoms with Crippen LogP contribution in [0.4, 0.5) is 10.5 Å². The molecule has 148 valence electrons. The zero-order chi connectivity index (χ0) is 20.0. The van der Waals surface area contributed by atoms with Crippen LogP contribution in [0.15, 0.2) is 42.5 Å². The molecule has 29 heavy (non-hydrogen) atoms. The van der Waals surface area contributed by atoms with Crippen LogP contribution in [0.3, 0.4) is 0 Å². The van der Waals surface area contributed by atoms with Crippen molar-refractivity contribution in [3.8, 4) is 5.75 Å². The van der Waals surface area contributed by atoms with Crippen molar-refractivity contribution < 1.29 is 19.1 Å². The van der Waals surface area contributed by atoms with Gasteiger partial charge in [0.2, 0.25) is 0 Å². The maximum Gasteiger partial charge on any atom is 0.321 e. The van der Waals surface area contributed by atoms with E-state index in [1.807, 2.05) is 24.3 Å². The molecule has 0 aromatic heterocycles. The zero-order valence-electron chi connectivity index (χ0n) is 15.9. The number of carbonyl (C=O) groups excluding carboxylic acids is 3. The number of ketones is 1. The van der Waals surface area contributed by atoms with Gasteiger partial charge in [0, 0.05) is 30.8 Å². The Morgan fingerprint density at radius 3 is 2.90 bits per heavy atom. The van der Waals surface area contributed by atoms with E-state index in [4.69, 9.17) is 4.74 Å². The number of rotatable bonds is 1. The maximum absolute atomic E-state index is 12.8. The Morgan fingerprint density at radius 2 is 2.00 bits per heavy atom. The van der Waals surface area contributed by atoms with Crippen LogP contribution in [0.2, 0.25) is 0 Å². The number of anilines is 1. The minimum atomic E-state index is -0.668. The van der Waals surface area contributed by atoms with Gasteiger partial charge in [-0.3, -0.25) is 9.59 Å². The fourth-order valence-corrected chi connectivity index (χ4v) is 4.38. The first-order chi connectivity index (χ1) is 14.0. The third kappa shape index (κ3) is 3.12. The number of para-hydroxylation sites is 1. The fraction of sp³-hybridized carbons (Fsp3) is 0.318. The van der Waals surface area contributed by atoms with E-state index in [2.05, 4.69) is 10.6 Å². The molecule has 1 saturated heterocycles. The molecular formula is C22H21N3O4. The Kier molecular flexibility index (Phi) is 4.04. The number of amides is 3. The average Bonchev–Trinajstić information content (AvgIpc) is 3.12.